The molecule has 4 aromatic rings. The maximum atomic E-state index is 13.4. The van der Waals surface area contributed by atoms with Gasteiger partial charge in [-0.2, -0.15) is 10.4 Å². The van der Waals surface area contributed by atoms with E-state index in [-0.39, 0.29) is 21.7 Å². The lowest BCUT2D eigenvalue weighted by Crippen LogP contribution is -2.17. The van der Waals surface area contributed by atoms with Crippen molar-refractivity contribution in [3.05, 3.63) is 68.7 Å². The number of nitrogens with zero attached hydrogens (tertiary/aromatic N) is 4. The van der Waals surface area contributed by atoms with Gasteiger partial charge in [-0.1, -0.05) is 11.6 Å². The highest BCUT2D eigenvalue weighted by Crippen LogP contribution is 2.46. The van der Waals surface area contributed by atoms with Gasteiger partial charge in [-0.15, -0.1) is 0 Å². The van der Waals surface area contributed by atoms with E-state index in [1.165, 1.54) is 12.1 Å². The Hall–Kier alpha value is -3.72. The zero-order valence-electron chi connectivity index (χ0n) is 20.9. The second-order valence-electron chi connectivity index (χ2n) is 9.68. The number of hydrogen-bond donors (Lipinski definition) is 1. The Kier molecular flexibility index (Phi) is 6.30. The third kappa shape index (κ3) is 4.78. The number of nitrogens with two attached hydrogens (primary N) is 1. The van der Waals surface area contributed by atoms with Crippen LogP contribution >= 0.6 is 11.6 Å². The zero-order chi connectivity index (χ0) is 27.4. The number of rotatable bonds is 7. The van der Waals surface area contributed by atoms with Gasteiger partial charge in [0.25, 0.3) is 10.0 Å². The van der Waals surface area contributed by atoms with Gasteiger partial charge in [0.2, 0.25) is 5.03 Å². The van der Waals surface area contributed by atoms with E-state index in [4.69, 9.17) is 25.9 Å². The van der Waals surface area contributed by atoms with Gasteiger partial charge in [-0.05, 0) is 63.4 Å². The molecule has 196 valence electrons. The first kappa shape index (κ1) is 25.9. The van der Waals surface area contributed by atoms with Crippen molar-refractivity contribution in [1.82, 2.24) is 14.8 Å². The number of aryl methyl sites for hydroxylation is 1. The summed E-state index contributed by atoms with van der Waals surface area (Å²) in [7, 11) is -4.22. The van der Waals surface area contributed by atoms with Gasteiger partial charge in [-0.25, -0.2) is 18.5 Å². The Morgan fingerprint density at radius 3 is 2.71 bits per heavy atom. The van der Waals surface area contributed by atoms with Crippen molar-refractivity contribution in [2.45, 2.75) is 51.3 Å². The monoisotopic (exact) mass is 553 g/mol. The van der Waals surface area contributed by atoms with Crippen molar-refractivity contribution in [2.24, 2.45) is 10.6 Å². The number of primary sulfonamides is 1. The molecule has 1 fully saturated rings. The van der Waals surface area contributed by atoms with Gasteiger partial charge in [0.15, 0.2) is 11.2 Å². The number of pyridine rings is 1. The molecule has 38 heavy (non-hydrogen) atoms. The SMILES string of the molecule is Cc1cc([C@@H](C)Oc2ccc(Cl)nc2S(N)(=O)=O)c2oc(-c3cnn(CC4(C#N)CC4)c3)c(C)c(=O)c2c1. The van der Waals surface area contributed by atoms with E-state index in [9.17, 15) is 18.5 Å². The molecule has 0 unspecified atom stereocenters. The van der Waals surface area contributed by atoms with Gasteiger partial charge in [0.1, 0.15) is 22.6 Å². The molecule has 10 nitrogen and oxygen atoms in total. The average molecular weight is 554 g/mol. The zero-order valence-corrected chi connectivity index (χ0v) is 22.4. The van der Waals surface area contributed by atoms with Gasteiger partial charge in [0.05, 0.1) is 35.2 Å². The second-order valence-corrected chi connectivity index (χ2v) is 11.5. The Morgan fingerprint density at radius 1 is 1.32 bits per heavy atom. The summed E-state index contributed by atoms with van der Waals surface area (Å²) < 4.78 is 38.2. The van der Waals surface area contributed by atoms with Crippen molar-refractivity contribution < 1.29 is 17.6 Å². The van der Waals surface area contributed by atoms with Gasteiger partial charge < -0.3 is 9.15 Å². The standard InChI is InChI=1S/C26H24ClN5O5S/c1-14-8-18(16(3)36-20-4-5-21(27)31-25(20)38(29,34)35)24-19(9-14)22(33)15(2)23(37-24)17-10-30-32(11-17)13-26(12-28)6-7-26/h4-5,8-11,16H,6-7,13H2,1-3H3,(H2,29,34,35)/t16-/m1/s1. The minimum absolute atomic E-state index is 0.0518. The largest absolute Gasteiger partial charge is 0.483 e. The third-order valence-corrected chi connectivity index (χ3v) is 7.69. The molecular weight excluding hydrogens is 530 g/mol. The highest BCUT2D eigenvalue weighted by molar-refractivity contribution is 7.89. The Labute approximate surface area is 223 Å². The summed E-state index contributed by atoms with van der Waals surface area (Å²) in [5.41, 5.74) is 2.06. The summed E-state index contributed by atoms with van der Waals surface area (Å²) in [6.45, 7) is 5.70. The first-order chi connectivity index (χ1) is 17.9. The molecule has 1 aromatic carbocycles. The molecule has 1 atom stereocenters. The lowest BCUT2D eigenvalue weighted by molar-refractivity contribution is 0.219. The fraction of sp³-hybridized carbons (Fsp3) is 0.308. The summed E-state index contributed by atoms with van der Waals surface area (Å²) in [5.74, 6) is 0.271. The second kappa shape index (κ2) is 9.23. The molecule has 1 aliphatic carbocycles. The van der Waals surface area contributed by atoms with E-state index in [0.29, 0.717) is 40.0 Å². The van der Waals surface area contributed by atoms with E-state index < -0.39 is 21.2 Å². The highest BCUT2D eigenvalue weighted by Gasteiger charge is 2.43. The maximum absolute atomic E-state index is 13.4. The van der Waals surface area contributed by atoms with E-state index in [1.54, 1.807) is 37.0 Å². The Morgan fingerprint density at radius 2 is 2.05 bits per heavy atom. The number of benzene rings is 1. The van der Waals surface area contributed by atoms with Crippen molar-refractivity contribution >= 4 is 32.6 Å². The molecule has 12 heteroatoms. The van der Waals surface area contributed by atoms with E-state index in [2.05, 4.69) is 16.2 Å². The van der Waals surface area contributed by atoms with Crippen LogP contribution in [0.2, 0.25) is 5.15 Å². The van der Waals surface area contributed by atoms with E-state index in [1.807, 2.05) is 13.0 Å². The summed E-state index contributed by atoms with van der Waals surface area (Å²) in [6, 6.07) is 8.66. The first-order valence-corrected chi connectivity index (χ1v) is 13.7. The van der Waals surface area contributed by atoms with E-state index >= 15 is 0 Å². The Balaban J connectivity index is 1.59. The number of aromatic nitrogens is 3. The molecule has 0 saturated heterocycles. The van der Waals surface area contributed by atoms with Crippen LogP contribution in [0.3, 0.4) is 0 Å². The fourth-order valence-corrected chi connectivity index (χ4v) is 5.25. The van der Waals surface area contributed by atoms with Crippen molar-refractivity contribution in [3.8, 4) is 23.1 Å². The maximum Gasteiger partial charge on any atom is 0.259 e. The molecule has 1 saturated carbocycles. The summed E-state index contributed by atoms with van der Waals surface area (Å²) in [6.07, 6.45) is 4.28. The lowest BCUT2D eigenvalue weighted by Gasteiger charge is -2.19. The van der Waals surface area contributed by atoms with Crippen molar-refractivity contribution in [2.75, 3.05) is 0 Å². The first-order valence-electron chi connectivity index (χ1n) is 11.8. The summed E-state index contributed by atoms with van der Waals surface area (Å²) >= 11 is 5.87. The van der Waals surface area contributed by atoms with Crippen LogP contribution in [-0.2, 0) is 16.6 Å². The molecule has 5 rings (SSSR count). The summed E-state index contributed by atoms with van der Waals surface area (Å²) in [4.78, 5) is 17.2. The van der Waals surface area contributed by atoms with Crippen LogP contribution in [-0.4, -0.2) is 23.2 Å². The molecule has 0 spiro atoms. The lowest BCUT2D eigenvalue weighted by atomic mass is 10.0. The number of fused-ring (bicyclic) bond motifs is 1. The molecule has 2 N–H and O–H groups in total. The molecule has 3 heterocycles. The van der Waals surface area contributed by atoms with Crippen LogP contribution < -0.4 is 15.3 Å². The molecule has 0 aliphatic heterocycles. The predicted molar refractivity (Wildman–Crippen MR) is 140 cm³/mol. The topological polar surface area (TPSA) is 154 Å². The van der Waals surface area contributed by atoms with Crippen LogP contribution in [0.4, 0.5) is 0 Å². The quantitative estimate of drug-likeness (QED) is 0.330. The minimum Gasteiger partial charge on any atom is -0.483 e. The smallest absolute Gasteiger partial charge is 0.259 e. The fourth-order valence-electron chi connectivity index (χ4n) is 4.43. The van der Waals surface area contributed by atoms with E-state index in [0.717, 1.165) is 18.4 Å². The highest BCUT2D eigenvalue weighted by atomic mass is 35.5. The number of sulfonamides is 1. The molecular formula is C26H24ClN5O5S. The van der Waals surface area contributed by atoms with Crippen LogP contribution in [0.15, 0.2) is 50.9 Å². The van der Waals surface area contributed by atoms with Gasteiger partial charge in [-0.3, -0.25) is 9.48 Å². The molecule has 0 amide bonds. The van der Waals surface area contributed by atoms with Crippen LogP contribution in [0.5, 0.6) is 5.75 Å². The number of ether oxygens (including phenoxy) is 1. The number of halogens is 1. The molecule has 0 radical (unpaired) electrons. The minimum atomic E-state index is -4.22. The van der Waals surface area contributed by atoms with Gasteiger partial charge >= 0.3 is 0 Å². The molecule has 1 aliphatic rings. The molecule has 0 bridgehead atoms. The Bertz CT molecular complexity index is 1800. The number of nitriles is 1. The van der Waals surface area contributed by atoms with Crippen LogP contribution in [0.1, 0.15) is 42.6 Å². The van der Waals surface area contributed by atoms with Crippen molar-refractivity contribution in [3.63, 3.8) is 0 Å². The molecule has 3 aromatic heterocycles. The van der Waals surface area contributed by atoms with Crippen molar-refractivity contribution in [1.29, 1.82) is 5.26 Å². The third-order valence-electron chi connectivity index (χ3n) is 6.65. The predicted octanol–water partition coefficient (Wildman–Crippen LogP) is 4.41. The van der Waals surface area contributed by atoms with Crippen LogP contribution in [0.25, 0.3) is 22.3 Å². The number of hydrogen-bond acceptors (Lipinski definition) is 8. The average Bonchev–Trinajstić information content (AvgIpc) is 3.49. The summed E-state index contributed by atoms with van der Waals surface area (Å²) in [5, 5.41) is 18.9. The van der Waals surface area contributed by atoms with Gasteiger partial charge in [0, 0.05) is 17.3 Å². The van der Waals surface area contributed by atoms with Crippen LogP contribution in [0, 0.1) is 30.6 Å². The normalized spacial score (nSPS) is 15.3.